The Balaban J connectivity index is 1.62. The lowest BCUT2D eigenvalue weighted by atomic mass is 10.2. The van der Waals surface area contributed by atoms with Crippen molar-refractivity contribution in [2.24, 2.45) is 0 Å². The highest BCUT2D eigenvalue weighted by Gasteiger charge is 2.17. The smallest absolute Gasteiger partial charge is 0.275 e. The summed E-state index contributed by atoms with van der Waals surface area (Å²) in [6.45, 7) is 2.28. The molecule has 31 heavy (non-hydrogen) atoms. The SMILES string of the molecule is COCC[NH+](CC(=O)NCc1ccc(N(C)C)cc1)Cc1nc2ccccc2c(=O)[nH]1. The third-order valence-electron chi connectivity index (χ3n) is 5.09. The van der Waals surface area contributed by atoms with Crippen LogP contribution in [0.1, 0.15) is 11.4 Å². The molecule has 1 heterocycles. The zero-order valence-electron chi connectivity index (χ0n) is 18.3. The third kappa shape index (κ3) is 6.37. The van der Waals surface area contributed by atoms with E-state index in [4.69, 9.17) is 4.74 Å². The number of aromatic amines is 1. The number of anilines is 1. The van der Waals surface area contributed by atoms with E-state index in [9.17, 15) is 9.59 Å². The molecule has 1 amide bonds. The summed E-state index contributed by atoms with van der Waals surface area (Å²) < 4.78 is 5.20. The zero-order chi connectivity index (χ0) is 22.2. The molecule has 3 rings (SSSR count). The fraction of sp³-hybridized carbons (Fsp3) is 0.348. The lowest BCUT2D eigenvalue weighted by Crippen LogP contribution is -3.12. The van der Waals surface area contributed by atoms with Crippen LogP contribution in [0.3, 0.4) is 0 Å². The molecule has 0 saturated heterocycles. The standard InChI is InChI=1S/C23H29N5O3/c1-27(2)18-10-8-17(9-11-18)14-24-22(29)16-28(12-13-31-3)15-21-25-20-7-5-4-6-19(20)23(30)26-21/h4-11H,12-16H2,1-3H3,(H,24,29)(H,25,26,30)/p+1. The highest BCUT2D eigenvalue weighted by molar-refractivity contribution is 5.77. The first-order valence-corrected chi connectivity index (χ1v) is 10.3. The first kappa shape index (κ1) is 22.5. The minimum absolute atomic E-state index is 0.0640. The monoisotopic (exact) mass is 424 g/mol. The van der Waals surface area contributed by atoms with E-state index in [1.165, 1.54) is 0 Å². The number of hydrogen-bond donors (Lipinski definition) is 3. The molecule has 3 N–H and O–H groups in total. The minimum Gasteiger partial charge on any atom is -0.379 e. The maximum Gasteiger partial charge on any atom is 0.275 e. The van der Waals surface area contributed by atoms with Crippen molar-refractivity contribution >= 4 is 22.5 Å². The van der Waals surface area contributed by atoms with Crippen LogP contribution in [0.2, 0.25) is 0 Å². The Bertz CT molecular complexity index is 1060. The number of quaternary nitrogens is 1. The van der Waals surface area contributed by atoms with Gasteiger partial charge in [0.2, 0.25) is 0 Å². The topological polar surface area (TPSA) is 91.8 Å². The maximum atomic E-state index is 12.6. The number of fused-ring (bicyclic) bond motifs is 1. The van der Waals surface area contributed by atoms with Crippen LogP contribution in [0.4, 0.5) is 5.69 Å². The highest BCUT2D eigenvalue weighted by Crippen LogP contribution is 2.11. The number of methoxy groups -OCH3 is 1. The van der Waals surface area contributed by atoms with Crippen molar-refractivity contribution in [1.29, 1.82) is 0 Å². The number of benzene rings is 2. The predicted molar refractivity (Wildman–Crippen MR) is 121 cm³/mol. The average molecular weight is 425 g/mol. The summed E-state index contributed by atoms with van der Waals surface area (Å²) in [7, 11) is 5.61. The number of rotatable bonds is 10. The summed E-state index contributed by atoms with van der Waals surface area (Å²) in [5.74, 6) is 0.493. The van der Waals surface area contributed by atoms with Gasteiger partial charge in [0.1, 0.15) is 13.1 Å². The Morgan fingerprint density at radius 2 is 1.90 bits per heavy atom. The Morgan fingerprint density at radius 1 is 1.16 bits per heavy atom. The fourth-order valence-corrected chi connectivity index (χ4v) is 3.34. The molecule has 2 aromatic carbocycles. The maximum absolute atomic E-state index is 12.6. The number of para-hydroxylation sites is 1. The molecule has 8 nitrogen and oxygen atoms in total. The van der Waals surface area contributed by atoms with E-state index in [1.54, 1.807) is 13.2 Å². The zero-order valence-corrected chi connectivity index (χ0v) is 18.3. The second-order valence-corrected chi connectivity index (χ2v) is 7.71. The Labute approximate surface area is 181 Å². The van der Waals surface area contributed by atoms with Crippen LogP contribution >= 0.6 is 0 Å². The van der Waals surface area contributed by atoms with Crippen molar-refractivity contribution in [3.8, 4) is 0 Å². The lowest BCUT2D eigenvalue weighted by molar-refractivity contribution is -0.906. The largest absolute Gasteiger partial charge is 0.379 e. The third-order valence-corrected chi connectivity index (χ3v) is 5.09. The molecule has 3 aromatic rings. The number of nitrogens with zero attached hydrogens (tertiary/aromatic N) is 2. The number of H-pyrrole nitrogens is 1. The molecule has 0 fully saturated rings. The van der Waals surface area contributed by atoms with Crippen molar-refractivity contribution < 1.29 is 14.4 Å². The van der Waals surface area contributed by atoms with Crippen molar-refractivity contribution in [3.05, 3.63) is 70.3 Å². The van der Waals surface area contributed by atoms with Crippen LogP contribution in [0.15, 0.2) is 53.3 Å². The number of ether oxygens (including phenoxy) is 1. The van der Waals surface area contributed by atoms with E-state index >= 15 is 0 Å². The average Bonchev–Trinajstić information content (AvgIpc) is 2.76. The number of carbonyl (C=O) groups excluding carboxylic acids is 1. The molecular weight excluding hydrogens is 394 g/mol. The van der Waals surface area contributed by atoms with Crippen LogP contribution in [0.25, 0.3) is 10.9 Å². The van der Waals surface area contributed by atoms with Gasteiger partial charge in [-0.2, -0.15) is 0 Å². The van der Waals surface area contributed by atoms with Crippen LogP contribution < -0.4 is 20.7 Å². The molecular formula is C23H30N5O3+. The van der Waals surface area contributed by atoms with Gasteiger partial charge in [-0.15, -0.1) is 0 Å². The van der Waals surface area contributed by atoms with Gasteiger partial charge in [0.15, 0.2) is 12.4 Å². The molecule has 1 atom stereocenters. The molecule has 0 aliphatic carbocycles. The molecule has 1 unspecified atom stereocenters. The lowest BCUT2D eigenvalue weighted by Gasteiger charge is -2.18. The number of aromatic nitrogens is 2. The summed E-state index contributed by atoms with van der Waals surface area (Å²) in [5.41, 5.74) is 2.63. The van der Waals surface area contributed by atoms with E-state index < -0.39 is 0 Å². The summed E-state index contributed by atoms with van der Waals surface area (Å²) in [6.07, 6.45) is 0. The van der Waals surface area contributed by atoms with Gasteiger partial charge in [0, 0.05) is 33.4 Å². The van der Waals surface area contributed by atoms with Crippen LogP contribution in [0.5, 0.6) is 0 Å². The van der Waals surface area contributed by atoms with Crippen molar-refractivity contribution in [2.75, 3.05) is 45.8 Å². The molecule has 0 aliphatic rings. The first-order valence-electron chi connectivity index (χ1n) is 10.3. The quantitative estimate of drug-likeness (QED) is 0.437. The van der Waals surface area contributed by atoms with Crippen LogP contribution in [0, 0.1) is 0 Å². The Kier molecular flexibility index (Phi) is 7.75. The van der Waals surface area contributed by atoms with Gasteiger partial charge < -0.3 is 24.8 Å². The van der Waals surface area contributed by atoms with Gasteiger partial charge in [0.05, 0.1) is 17.5 Å². The molecule has 0 radical (unpaired) electrons. The van der Waals surface area contributed by atoms with Crippen molar-refractivity contribution in [2.45, 2.75) is 13.1 Å². The molecule has 0 bridgehead atoms. The summed E-state index contributed by atoms with van der Waals surface area (Å²) in [5, 5.41) is 3.53. The summed E-state index contributed by atoms with van der Waals surface area (Å²) in [6, 6.07) is 15.3. The van der Waals surface area contributed by atoms with Crippen LogP contribution in [-0.2, 0) is 22.6 Å². The second kappa shape index (κ2) is 10.7. The number of hydrogen-bond acceptors (Lipinski definition) is 5. The summed E-state index contributed by atoms with van der Waals surface area (Å²) >= 11 is 0. The second-order valence-electron chi connectivity index (χ2n) is 7.71. The Hall–Kier alpha value is -3.23. The molecule has 8 heteroatoms. The summed E-state index contributed by atoms with van der Waals surface area (Å²) in [4.78, 5) is 35.3. The number of amides is 1. The van der Waals surface area contributed by atoms with Gasteiger partial charge in [-0.25, -0.2) is 4.98 Å². The Morgan fingerprint density at radius 3 is 2.61 bits per heavy atom. The van der Waals surface area contributed by atoms with E-state index in [0.29, 0.717) is 43.0 Å². The molecule has 1 aromatic heterocycles. The van der Waals surface area contributed by atoms with Gasteiger partial charge in [-0.1, -0.05) is 24.3 Å². The van der Waals surface area contributed by atoms with Crippen LogP contribution in [-0.4, -0.2) is 56.8 Å². The normalized spacial score (nSPS) is 12.0. The molecule has 0 saturated carbocycles. The molecule has 0 aliphatic heterocycles. The minimum atomic E-state index is -0.169. The van der Waals surface area contributed by atoms with Gasteiger partial charge in [0.25, 0.3) is 11.5 Å². The van der Waals surface area contributed by atoms with E-state index in [1.807, 2.05) is 61.5 Å². The first-order chi connectivity index (χ1) is 15.0. The molecule has 164 valence electrons. The van der Waals surface area contributed by atoms with Gasteiger partial charge >= 0.3 is 0 Å². The molecule has 0 spiro atoms. The van der Waals surface area contributed by atoms with E-state index in [-0.39, 0.29) is 18.0 Å². The van der Waals surface area contributed by atoms with Crippen molar-refractivity contribution in [1.82, 2.24) is 15.3 Å². The van der Waals surface area contributed by atoms with Crippen molar-refractivity contribution in [3.63, 3.8) is 0 Å². The van der Waals surface area contributed by atoms with Gasteiger partial charge in [-0.3, -0.25) is 9.59 Å². The predicted octanol–water partition coefficient (Wildman–Crippen LogP) is 0.337. The highest BCUT2D eigenvalue weighted by atomic mass is 16.5. The van der Waals surface area contributed by atoms with E-state index in [2.05, 4.69) is 15.3 Å². The van der Waals surface area contributed by atoms with Gasteiger partial charge in [-0.05, 0) is 29.8 Å². The van der Waals surface area contributed by atoms with E-state index in [0.717, 1.165) is 16.2 Å². The fourth-order valence-electron chi connectivity index (χ4n) is 3.34. The number of nitrogens with one attached hydrogen (secondary N) is 3. The number of carbonyl (C=O) groups is 1.